The third kappa shape index (κ3) is 4.28. The zero-order valence-electron chi connectivity index (χ0n) is 15.0. The monoisotopic (exact) mass is 345 g/mol. The molecule has 2 aliphatic rings. The lowest BCUT2D eigenvalue weighted by molar-refractivity contribution is -0.114. The van der Waals surface area contributed by atoms with Crippen LogP contribution in [-0.4, -0.2) is 66.4 Å². The van der Waals surface area contributed by atoms with Crippen LogP contribution >= 0.6 is 0 Å². The predicted octanol–water partition coefficient (Wildman–Crippen LogP) is 1.78. The van der Waals surface area contributed by atoms with E-state index in [0.717, 1.165) is 19.4 Å². The molecule has 1 aromatic rings. The molecular weight excluding hydrogens is 318 g/mol. The minimum absolute atomic E-state index is 0.00359. The van der Waals surface area contributed by atoms with Gasteiger partial charge in [0.1, 0.15) is 5.82 Å². The van der Waals surface area contributed by atoms with Crippen LogP contribution in [0.1, 0.15) is 42.5 Å². The number of pyridine rings is 1. The van der Waals surface area contributed by atoms with Gasteiger partial charge in [0.25, 0.3) is 5.91 Å². The van der Waals surface area contributed by atoms with Gasteiger partial charge in [0.2, 0.25) is 5.91 Å². The SMILES string of the molecule is CN(C)CCN(C(=O)c1cnc2c(c1)NC(=O)CN2)C1CCCCC1. The van der Waals surface area contributed by atoms with Crippen molar-refractivity contribution in [1.29, 1.82) is 0 Å². The summed E-state index contributed by atoms with van der Waals surface area (Å²) in [7, 11) is 4.04. The van der Waals surface area contributed by atoms with E-state index in [2.05, 4.69) is 20.5 Å². The molecule has 1 aliphatic carbocycles. The maximum atomic E-state index is 13.2. The molecule has 0 radical (unpaired) electrons. The van der Waals surface area contributed by atoms with E-state index in [4.69, 9.17) is 0 Å². The number of hydrogen-bond acceptors (Lipinski definition) is 5. The number of fused-ring (bicyclic) bond motifs is 1. The Hall–Kier alpha value is -2.15. The lowest BCUT2D eigenvalue weighted by Gasteiger charge is -2.35. The average molecular weight is 345 g/mol. The number of aromatic nitrogens is 1. The third-order valence-corrected chi connectivity index (χ3v) is 4.89. The normalized spacial score (nSPS) is 17.6. The Morgan fingerprint density at radius 2 is 2.00 bits per heavy atom. The second kappa shape index (κ2) is 7.82. The minimum Gasteiger partial charge on any atom is -0.359 e. The summed E-state index contributed by atoms with van der Waals surface area (Å²) in [6.07, 6.45) is 7.35. The highest BCUT2D eigenvalue weighted by Gasteiger charge is 2.27. The Morgan fingerprint density at radius 1 is 1.24 bits per heavy atom. The van der Waals surface area contributed by atoms with E-state index in [9.17, 15) is 9.59 Å². The summed E-state index contributed by atoms with van der Waals surface area (Å²) in [6, 6.07) is 2.03. The largest absolute Gasteiger partial charge is 0.359 e. The number of amides is 2. The van der Waals surface area contributed by atoms with E-state index in [1.807, 2.05) is 19.0 Å². The Morgan fingerprint density at radius 3 is 2.72 bits per heavy atom. The van der Waals surface area contributed by atoms with Gasteiger partial charge in [-0.2, -0.15) is 0 Å². The van der Waals surface area contributed by atoms with E-state index in [1.165, 1.54) is 19.3 Å². The van der Waals surface area contributed by atoms with Gasteiger partial charge in [-0.3, -0.25) is 9.59 Å². The van der Waals surface area contributed by atoms with E-state index in [1.54, 1.807) is 12.3 Å². The smallest absolute Gasteiger partial charge is 0.255 e. The van der Waals surface area contributed by atoms with E-state index < -0.39 is 0 Å². The number of nitrogens with zero attached hydrogens (tertiary/aromatic N) is 3. The van der Waals surface area contributed by atoms with Crippen molar-refractivity contribution in [2.45, 2.75) is 38.1 Å². The van der Waals surface area contributed by atoms with Gasteiger partial charge in [-0.05, 0) is 33.0 Å². The zero-order valence-corrected chi connectivity index (χ0v) is 15.0. The van der Waals surface area contributed by atoms with Crippen molar-refractivity contribution in [2.24, 2.45) is 0 Å². The van der Waals surface area contributed by atoms with Crippen LogP contribution in [0.2, 0.25) is 0 Å². The summed E-state index contributed by atoms with van der Waals surface area (Å²) in [6.45, 7) is 1.75. The van der Waals surface area contributed by atoms with Crippen LogP contribution in [0.15, 0.2) is 12.3 Å². The average Bonchev–Trinajstić information content (AvgIpc) is 2.61. The number of nitrogens with one attached hydrogen (secondary N) is 2. The van der Waals surface area contributed by atoms with Crippen LogP contribution in [0.5, 0.6) is 0 Å². The summed E-state index contributed by atoms with van der Waals surface area (Å²) in [5, 5.41) is 5.74. The lowest BCUT2D eigenvalue weighted by Crippen LogP contribution is -2.44. The molecule has 136 valence electrons. The van der Waals surface area contributed by atoms with E-state index in [0.29, 0.717) is 29.7 Å². The molecule has 1 aliphatic heterocycles. The molecule has 1 saturated carbocycles. The molecule has 1 fully saturated rings. The lowest BCUT2D eigenvalue weighted by atomic mass is 9.93. The molecule has 25 heavy (non-hydrogen) atoms. The molecule has 0 spiro atoms. The second-order valence-corrected chi connectivity index (χ2v) is 7.12. The van der Waals surface area contributed by atoms with E-state index in [-0.39, 0.29) is 18.4 Å². The molecule has 7 nitrogen and oxygen atoms in total. The second-order valence-electron chi connectivity index (χ2n) is 7.12. The van der Waals surface area contributed by atoms with Crippen LogP contribution < -0.4 is 10.6 Å². The topological polar surface area (TPSA) is 77.6 Å². The van der Waals surface area contributed by atoms with Crippen molar-refractivity contribution in [3.63, 3.8) is 0 Å². The number of likely N-dealkylation sites (N-methyl/N-ethyl adjacent to an activating group) is 1. The first-order valence-electron chi connectivity index (χ1n) is 9.04. The van der Waals surface area contributed by atoms with E-state index >= 15 is 0 Å². The highest BCUT2D eigenvalue weighted by atomic mass is 16.2. The molecular formula is C18H27N5O2. The molecule has 3 rings (SSSR count). The molecule has 0 aromatic carbocycles. The van der Waals surface area contributed by atoms with Gasteiger partial charge in [0.15, 0.2) is 0 Å². The van der Waals surface area contributed by atoms with Gasteiger partial charge >= 0.3 is 0 Å². The van der Waals surface area contributed by atoms with Gasteiger partial charge in [0.05, 0.1) is 17.8 Å². The number of rotatable bonds is 5. The van der Waals surface area contributed by atoms with Crippen molar-refractivity contribution >= 4 is 23.3 Å². The Kier molecular flexibility index (Phi) is 5.53. The van der Waals surface area contributed by atoms with Crippen molar-refractivity contribution in [3.05, 3.63) is 17.8 Å². The number of hydrogen-bond donors (Lipinski definition) is 2. The molecule has 0 atom stereocenters. The molecule has 0 saturated heterocycles. The number of carbonyl (C=O) groups is 2. The highest BCUT2D eigenvalue weighted by Crippen LogP contribution is 2.27. The van der Waals surface area contributed by atoms with Crippen molar-refractivity contribution in [2.75, 3.05) is 44.4 Å². The molecule has 1 aromatic heterocycles. The molecule has 7 heteroatoms. The molecule has 0 unspecified atom stereocenters. The summed E-state index contributed by atoms with van der Waals surface area (Å²) in [4.78, 5) is 33.1. The molecule has 2 heterocycles. The molecule has 0 bridgehead atoms. The minimum atomic E-state index is -0.115. The molecule has 2 N–H and O–H groups in total. The first-order chi connectivity index (χ1) is 12.0. The highest BCUT2D eigenvalue weighted by molar-refractivity contribution is 6.02. The summed E-state index contributed by atoms with van der Waals surface area (Å²) in [5.74, 6) is 0.508. The third-order valence-electron chi connectivity index (χ3n) is 4.89. The van der Waals surface area contributed by atoms with Gasteiger partial charge in [0, 0.05) is 25.3 Å². The number of carbonyl (C=O) groups excluding carboxylic acids is 2. The summed E-state index contributed by atoms with van der Waals surface area (Å²) in [5.41, 5.74) is 1.12. The first kappa shape index (κ1) is 17.7. The molecule has 2 amide bonds. The van der Waals surface area contributed by atoms with Crippen LogP contribution in [0.25, 0.3) is 0 Å². The fourth-order valence-electron chi connectivity index (χ4n) is 3.49. The van der Waals surface area contributed by atoms with Crippen LogP contribution in [-0.2, 0) is 4.79 Å². The van der Waals surface area contributed by atoms with Crippen LogP contribution in [0.4, 0.5) is 11.5 Å². The zero-order chi connectivity index (χ0) is 17.8. The van der Waals surface area contributed by atoms with Gasteiger partial charge < -0.3 is 20.4 Å². The van der Waals surface area contributed by atoms with Gasteiger partial charge in [-0.1, -0.05) is 19.3 Å². The quantitative estimate of drug-likeness (QED) is 0.851. The summed E-state index contributed by atoms with van der Waals surface area (Å²) >= 11 is 0. The van der Waals surface area contributed by atoms with Crippen molar-refractivity contribution < 1.29 is 9.59 Å². The standard InChI is InChI=1S/C18H27N5O2/c1-22(2)8-9-23(14-6-4-3-5-7-14)18(25)13-10-15-17(19-11-13)20-12-16(24)21-15/h10-11,14H,3-9,12H2,1-2H3,(H,19,20)(H,21,24). The predicted molar refractivity (Wildman–Crippen MR) is 97.8 cm³/mol. The van der Waals surface area contributed by atoms with Crippen LogP contribution in [0.3, 0.4) is 0 Å². The Balaban J connectivity index is 1.80. The maximum absolute atomic E-state index is 13.2. The maximum Gasteiger partial charge on any atom is 0.255 e. The van der Waals surface area contributed by atoms with Gasteiger partial charge in [-0.25, -0.2) is 4.98 Å². The first-order valence-corrected chi connectivity index (χ1v) is 9.04. The van der Waals surface area contributed by atoms with Gasteiger partial charge in [-0.15, -0.1) is 0 Å². The fraction of sp³-hybridized carbons (Fsp3) is 0.611. The Labute approximate surface area is 148 Å². The number of anilines is 2. The van der Waals surface area contributed by atoms with Crippen molar-refractivity contribution in [1.82, 2.24) is 14.8 Å². The fourth-order valence-corrected chi connectivity index (χ4v) is 3.49. The van der Waals surface area contributed by atoms with Crippen LogP contribution in [0, 0.1) is 0 Å². The van der Waals surface area contributed by atoms with Crippen molar-refractivity contribution in [3.8, 4) is 0 Å². The summed E-state index contributed by atoms with van der Waals surface area (Å²) < 4.78 is 0. The Bertz CT molecular complexity index is 640.